The van der Waals surface area contributed by atoms with Gasteiger partial charge in [0.25, 0.3) is 0 Å². The fourth-order valence-corrected chi connectivity index (χ4v) is 2.41. The predicted octanol–water partition coefficient (Wildman–Crippen LogP) is 3.84. The summed E-state index contributed by atoms with van der Waals surface area (Å²) in [6.07, 6.45) is 0. The van der Waals surface area contributed by atoms with Crippen molar-refractivity contribution in [3.8, 4) is 16.9 Å². The maximum absolute atomic E-state index is 13.6. The van der Waals surface area contributed by atoms with Crippen molar-refractivity contribution in [3.63, 3.8) is 0 Å². The van der Waals surface area contributed by atoms with Crippen molar-refractivity contribution < 1.29 is 9.13 Å². The highest BCUT2D eigenvalue weighted by Gasteiger charge is 2.14. The second-order valence-corrected chi connectivity index (χ2v) is 4.92. The summed E-state index contributed by atoms with van der Waals surface area (Å²) in [5.41, 5.74) is 5.11. The van der Waals surface area contributed by atoms with E-state index in [1.807, 2.05) is 39.1 Å². The van der Waals surface area contributed by atoms with Gasteiger partial charge >= 0.3 is 0 Å². The second kappa shape index (κ2) is 6.06. The van der Waals surface area contributed by atoms with E-state index in [0.717, 1.165) is 33.6 Å². The van der Waals surface area contributed by atoms with E-state index in [1.54, 1.807) is 13.2 Å². The summed E-state index contributed by atoms with van der Waals surface area (Å²) >= 11 is 0. The number of halogens is 1. The summed E-state index contributed by atoms with van der Waals surface area (Å²) in [6.45, 7) is 4.75. The zero-order chi connectivity index (χ0) is 14.7. The molecule has 0 aliphatic carbocycles. The fourth-order valence-electron chi connectivity index (χ4n) is 2.41. The highest BCUT2D eigenvalue weighted by atomic mass is 19.1. The van der Waals surface area contributed by atoms with Crippen molar-refractivity contribution >= 4 is 0 Å². The maximum Gasteiger partial charge on any atom is 0.129 e. The van der Waals surface area contributed by atoms with Gasteiger partial charge in [0, 0.05) is 12.1 Å². The molecule has 2 nitrogen and oxygen atoms in total. The van der Waals surface area contributed by atoms with Crippen LogP contribution in [0.2, 0.25) is 0 Å². The van der Waals surface area contributed by atoms with Crippen molar-refractivity contribution in [2.45, 2.75) is 20.4 Å². The summed E-state index contributed by atoms with van der Waals surface area (Å²) in [4.78, 5) is 0. The molecule has 0 aliphatic rings. The molecule has 0 bridgehead atoms. The number of ether oxygens (including phenoxy) is 1. The van der Waals surface area contributed by atoms with Gasteiger partial charge in [-0.3, -0.25) is 0 Å². The summed E-state index contributed by atoms with van der Waals surface area (Å²) in [5, 5.41) is 3.11. The number of aryl methyl sites for hydroxylation is 1. The minimum Gasteiger partial charge on any atom is -0.496 e. The van der Waals surface area contributed by atoms with Gasteiger partial charge in [-0.1, -0.05) is 18.2 Å². The Labute approximate surface area is 119 Å². The summed E-state index contributed by atoms with van der Waals surface area (Å²) in [5.74, 6) is 0.577. The molecule has 0 aliphatic heterocycles. The SMILES string of the molecule is CNCc1ccc(F)cc1-c1ccc(C)c(C)c1OC. The van der Waals surface area contributed by atoms with E-state index in [9.17, 15) is 4.39 Å². The molecular formula is C17H20FNO. The highest BCUT2D eigenvalue weighted by Crippen LogP contribution is 2.36. The van der Waals surface area contributed by atoms with Crippen molar-refractivity contribution in [1.82, 2.24) is 5.32 Å². The molecule has 0 radical (unpaired) electrons. The average Bonchev–Trinajstić information content (AvgIpc) is 2.44. The van der Waals surface area contributed by atoms with Gasteiger partial charge in [-0.25, -0.2) is 4.39 Å². The highest BCUT2D eigenvalue weighted by molar-refractivity contribution is 5.75. The Morgan fingerprint density at radius 3 is 2.50 bits per heavy atom. The number of benzene rings is 2. The zero-order valence-electron chi connectivity index (χ0n) is 12.4. The lowest BCUT2D eigenvalue weighted by molar-refractivity contribution is 0.413. The van der Waals surface area contributed by atoms with E-state index in [2.05, 4.69) is 5.32 Å². The van der Waals surface area contributed by atoms with E-state index < -0.39 is 0 Å². The molecule has 2 aromatic carbocycles. The zero-order valence-corrected chi connectivity index (χ0v) is 12.4. The van der Waals surface area contributed by atoms with Crippen molar-refractivity contribution in [2.75, 3.05) is 14.2 Å². The van der Waals surface area contributed by atoms with Gasteiger partial charge in [-0.15, -0.1) is 0 Å². The van der Waals surface area contributed by atoms with E-state index in [0.29, 0.717) is 6.54 Å². The van der Waals surface area contributed by atoms with E-state index in [1.165, 1.54) is 6.07 Å². The van der Waals surface area contributed by atoms with Crippen LogP contribution in [-0.4, -0.2) is 14.2 Å². The lowest BCUT2D eigenvalue weighted by atomic mass is 9.95. The van der Waals surface area contributed by atoms with Gasteiger partial charge in [0.1, 0.15) is 11.6 Å². The third kappa shape index (κ3) is 2.68. The van der Waals surface area contributed by atoms with Crippen molar-refractivity contribution in [1.29, 1.82) is 0 Å². The van der Waals surface area contributed by atoms with Crippen LogP contribution in [0, 0.1) is 19.7 Å². The van der Waals surface area contributed by atoms with Crippen LogP contribution in [0.4, 0.5) is 4.39 Å². The third-order valence-corrected chi connectivity index (χ3v) is 3.61. The van der Waals surface area contributed by atoms with E-state index in [-0.39, 0.29) is 5.82 Å². The predicted molar refractivity (Wildman–Crippen MR) is 80.6 cm³/mol. The maximum atomic E-state index is 13.6. The molecule has 0 unspecified atom stereocenters. The quantitative estimate of drug-likeness (QED) is 0.914. The fraction of sp³-hybridized carbons (Fsp3) is 0.294. The summed E-state index contributed by atoms with van der Waals surface area (Å²) in [6, 6.07) is 8.91. The monoisotopic (exact) mass is 273 g/mol. The topological polar surface area (TPSA) is 21.3 Å². The molecule has 20 heavy (non-hydrogen) atoms. The van der Waals surface area contributed by atoms with Crippen LogP contribution in [0.3, 0.4) is 0 Å². The van der Waals surface area contributed by atoms with Crippen LogP contribution in [0.1, 0.15) is 16.7 Å². The van der Waals surface area contributed by atoms with Gasteiger partial charge in [0.05, 0.1) is 7.11 Å². The minimum atomic E-state index is -0.236. The molecule has 0 saturated carbocycles. The Morgan fingerprint density at radius 2 is 1.85 bits per heavy atom. The Balaban J connectivity index is 2.67. The summed E-state index contributed by atoms with van der Waals surface area (Å²) in [7, 11) is 3.53. The van der Waals surface area contributed by atoms with Crippen LogP contribution < -0.4 is 10.1 Å². The standard InChI is InChI=1S/C17H20FNO/c1-11-5-8-15(17(20-4)12(11)2)16-9-14(18)7-6-13(16)10-19-3/h5-9,19H,10H2,1-4H3. The first-order valence-corrected chi connectivity index (χ1v) is 6.66. The molecule has 3 heteroatoms. The first-order chi connectivity index (χ1) is 9.58. The molecule has 0 spiro atoms. The van der Waals surface area contributed by atoms with Crippen LogP contribution in [0.5, 0.6) is 5.75 Å². The lowest BCUT2D eigenvalue weighted by Crippen LogP contribution is -2.07. The number of methoxy groups -OCH3 is 1. The number of hydrogen-bond acceptors (Lipinski definition) is 2. The van der Waals surface area contributed by atoms with Crippen molar-refractivity contribution in [3.05, 3.63) is 52.8 Å². The Kier molecular flexibility index (Phi) is 4.40. The lowest BCUT2D eigenvalue weighted by Gasteiger charge is -2.16. The van der Waals surface area contributed by atoms with Gasteiger partial charge in [-0.05, 0) is 55.3 Å². The third-order valence-electron chi connectivity index (χ3n) is 3.61. The minimum absolute atomic E-state index is 0.236. The molecule has 0 atom stereocenters. The molecule has 0 aromatic heterocycles. The second-order valence-electron chi connectivity index (χ2n) is 4.92. The molecular weight excluding hydrogens is 253 g/mol. The smallest absolute Gasteiger partial charge is 0.129 e. The summed E-state index contributed by atoms with van der Waals surface area (Å²) < 4.78 is 19.2. The van der Waals surface area contributed by atoms with E-state index >= 15 is 0 Å². The first-order valence-electron chi connectivity index (χ1n) is 6.66. The number of hydrogen-bond donors (Lipinski definition) is 1. The molecule has 0 heterocycles. The van der Waals surface area contributed by atoms with Gasteiger partial charge in [0.2, 0.25) is 0 Å². The van der Waals surface area contributed by atoms with Gasteiger partial charge < -0.3 is 10.1 Å². The molecule has 106 valence electrons. The van der Waals surface area contributed by atoms with Crippen LogP contribution in [0.25, 0.3) is 11.1 Å². The van der Waals surface area contributed by atoms with Gasteiger partial charge in [-0.2, -0.15) is 0 Å². The molecule has 0 fully saturated rings. The largest absolute Gasteiger partial charge is 0.496 e. The van der Waals surface area contributed by atoms with Crippen molar-refractivity contribution in [2.24, 2.45) is 0 Å². The molecule has 0 saturated heterocycles. The Bertz CT molecular complexity index is 623. The van der Waals surface area contributed by atoms with Crippen LogP contribution in [0.15, 0.2) is 30.3 Å². The molecule has 0 amide bonds. The molecule has 2 rings (SSSR count). The number of nitrogens with one attached hydrogen (secondary N) is 1. The van der Waals surface area contributed by atoms with Crippen LogP contribution in [-0.2, 0) is 6.54 Å². The van der Waals surface area contributed by atoms with Crippen LogP contribution >= 0.6 is 0 Å². The number of rotatable bonds is 4. The first kappa shape index (κ1) is 14.5. The molecule has 1 N–H and O–H groups in total. The normalized spacial score (nSPS) is 10.7. The van der Waals surface area contributed by atoms with Gasteiger partial charge in [0.15, 0.2) is 0 Å². The average molecular weight is 273 g/mol. The Hall–Kier alpha value is -1.87. The Morgan fingerprint density at radius 1 is 1.10 bits per heavy atom. The van der Waals surface area contributed by atoms with E-state index in [4.69, 9.17) is 4.74 Å². The molecule has 2 aromatic rings.